The van der Waals surface area contributed by atoms with Crippen LogP contribution in [-0.2, 0) is 6.54 Å². The molecule has 0 amide bonds. The molecule has 112 valence electrons. The Morgan fingerprint density at radius 1 is 1.25 bits per heavy atom. The summed E-state index contributed by atoms with van der Waals surface area (Å²) < 4.78 is 0. The van der Waals surface area contributed by atoms with Gasteiger partial charge in [0.2, 0.25) is 0 Å². The number of nitrogens with zero attached hydrogens (tertiary/aromatic N) is 2. The number of hydrogen-bond donors (Lipinski definition) is 1. The van der Waals surface area contributed by atoms with Crippen molar-refractivity contribution in [3.8, 4) is 0 Å². The third kappa shape index (κ3) is 4.48. The van der Waals surface area contributed by atoms with Crippen LogP contribution in [0, 0.1) is 12.8 Å². The Hall–Kier alpha value is -1.09. The second-order valence-electron chi connectivity index (χ2n) is 7.25. The van der Waals surface area contributed by atoms with Crippen LogP contribution in [0.4, 0.5) is 5.82 Å². The molecule has 0 unspecified atom stereocenters. The fourth-order valence-electron chi connectivity index (χ4n) is 2.59. The van der Waals surface area contributed by atoms with E-state index < -0.39 is 0 Å². The topological polar surface area (TPSA) is 28.2 Å². The van der Waals surface area contributed by atoms with Crippen molar-refractivity contribution in [1.29, 1.82) is 0 Å². The van der Waals surface area contributed by atoms with Gasteiger partial charge in [-0.15, -0.1) is 0 Å². The minimum absolute atomic E-state index is 0.151. The molecule has 0 aromatic carbocycles. The third-order valence-electron chi connectivity index (χ3n) is 3.93. The summed E-state index contributed by atoms with van der Waals surface area (Å²) in [6.07, 6.45) is 2.57. The molecule has 1 N–H and O–H groups in total. The Morgan fingerprint density at radius 3 is 2.50 bits per heavy atom. The molecule has 2 rings (SSSR count). The van der Waals surface area contributed by atoms with E-state index in [-0.39, 0.29) is 5.54 Å². The number of nitrogens with one attached hydrogen (secondary N) is 1. The number of hydrogen-bond acceptors (Lipinski definition) is 3. The quantitative estimate of drug-likeness (QED) is 0.915. The van der Waals surface area contributed by atoms with Gasteiger partial charge in [-0.3, -0.25) is 0 Å². The number of piperidine rings is 1. The van der Waals surface area contributed by atoms with Crippen LogP contribution in [0.25, 0.3) is 0 Å². The van der Waals surface area contributed by atoms with Crippen molar-refractivity contribution < 1.29 is 0 Å². The van der Waals surface area contributed by atoms with E-state index in [9.17, 15) is 0 Å². The Labute approximate surface area is 123 Å². The van der Waals surface area contributed by atoms with Gasteiger partial charge in [0, 0.05) is 30.9 Å². The molecule has 3 nitrogen and oxygen atoms in total. The van der Waals surface area contributed by atoms with E-state index in [0.717, 1.165) is 37.1 Å². The lowest BCUT2D eigenvalue weighted by Crippen LogP contribution is -2.35. The van der Waals surface area contributed by atoms with Crippen molar-refractivity contribution in [3.63, 3.8) is 0 Å². The monoisotopic (exact) mass is 275 g/mol. The predicted octanol–water partition coefficient (Wildman–Crippen LogP) is 3.51. The fourth-order valence-corrected chi connectivity index (χ4v) is 2.59. The molecule has 20 heavy (non-hydrogen) atoms. The van der Waals surface area contributed by atoms with E-state index in [1.54, 1.807) is 0 Å². The standard InChI is InChI=1S/C17H29N3/c1-13-6-8-20(9-7-13)16-11-15(10-14(2)19-16)12-18-17(3,4)5/h10-11,13,18H,6-9,12H2,1-5H3. The molecule has 0 radical (unpaired) electrons. The van der Waals surface area contributed by atoms with Crippen LogP contribution >= 0.6 is 0 Å². The lowest BCUT2D eigenvalue weighted by atomic mass is 9.99. The van der Waals surface area contributed by atoms with Crippen molar-refractivity contribution in [2.75, 3.05) is 18.0 Å². The Bertz CT molecular complexity index is 440. The minimum Gasteiger partial charge on any atom is -0.357 e. The molecule has 1 fully saturated rings. The highest BCUT2D eigenvalue weighted by Crippen LogP contribution is 2.22. The molecule has 0 spiro atoms. The molecule has 1 aliphatic heterocycles. The third-order valence-corrected chi connectivity index (χ3v) is 3.93. The lowest BCUT2D eigenvalue weighted by Gasteiger charge is -2.31. The van der Waals surface area contributed by atoms with Gasteiger partial charge in [-0.05, 0) is 64.2 Å². The van der Waals surface area contributed by atoms with Crippen LogP contribution in [0.3, 0.4) is 0 Å². The Balaban J connectivity index is 2.08. The van der Waals surface area contributed by atoms with Crippen LogP contribution in [0.1, 0.15) is 51.8 Å². The van der Waals surface area contributed by atoms with Gasteiger partial charge in [0.15, 0.2) is 0 Å². The van der Waals surface area contributed by atoms with Gasteiger partial charge < -0.3 is 10.2 Å². The molecule has 2 heterocycles. The van der Waals surface area contributed by atoms with Crippen molar-refractivity contribution in [2.24, 2.45) is 5.92 Å². The number of rotatable bonds is 3. The maximum absolute atomic E-state index is 4.73. The zero-order valence-corrected chi connectivity index (χ0v) is 13.7. The van der Waals surface area contributed by atoms with Crippen LogP contribution in [0.5, 0.6) is 0 Å². The summed E-state index contributed by atoms with van der Waals surface area (Å²) in [7, 11) is 0. The maximum atomic E-state index is 4.73. The number of anilines is 1. The summed E-state index contributed by atoms with van der Waals surface area (Å²) in [5.74, 6) is 2.01. The maximum Gasteiger partial charge on any atom is 0.129 e. The molecular weight excluding hydrogens is 246 g/mol. The summed E-state index contributed by atoms with van der Waals surface area (Å²) >= 11 is 0. The van der Waals surface area contributed by atoms with E-state index in [1.807, 2.05) is 0 Å². The predicted molar refractivity (Wildman–Crippen MR) is 86.2 cm³/mol. The first-order valence-electron chi connectivity index (χ1n) is 7.81. The highest BCUT2D eigenvalue weighted by Gasteiger charge is 2.18. The number of aryl methyl sites for hydroxylation is 1. The normalized spacial score (nSPS) is 17.6. The van der Waals surface area contributed by atoms with E-state index >= 15 is 0 Å². The molecule has 1 aromatic rings. The van der Waals surface area contributed by atoms with Gasteiger partial charge in [-0.25, -0.2) is 4.98 Å². The van der Waals surface area contributed by atoms with Gasteiger partial charge in [-0.1, -0.05) is 6.92 Å². The van der Waals surface area contributed by atoms with Gasteiger partial charge in [0.05, 0.1) is 0 Å². The molecule has 1 aliphatic rings. The number of pyridine rings is 1. The van der Waals surface area contributed by atoms with E-state index in [1.165, 1.54) is 18.4 Å². The average Bonchev–Trinajstić information content (AvgIpc) is 2.36. The Kier molecular flexibility index (Phi) is 4.69. The van der Waals surface area contributed by atoms with Crippen molar-refractivity contribution in [3.05, 3.63) is 23.4 Å². The van der Waals surface area contributed by atoms with Gasteiger partial charge >= 0.3 is 0 Å². The first-order chi connectivity index (χ1) is 9.33. The molecule has 0 aliphatic carbocycles. The molecule has 1 saturated heterocycles. The summed E-state index contributed by atoms with van der Waals surface area (Å²) in [5.41, 5.74) is 2.60. The summed E-state index contributed by atoms with van der Waals surface area (Å²) in [6, 6.07) is 4.44. The SMILES string of the molecule is Cc1cc(CNC(C)(C)C)cc(N2CCC(C)CC2)n1. The molecule has 3 heteroatoms. The van der Waals surface area contributed by atoms with Crippen molar-refractivity contribution in [2.45, 2.75) is 59.5 Å². The Morgan fingerprint density at radius 2 is 1.90 bits per heavy atom. The smallest absolute Gasteiger partial charge is 0.129 e. The largest absolute Gasteiger partial charge is 0.357 e. The zero-order chi connectivity index (χ0) is 14.8. The van der Waals surface area contributed by atoms with Crippen LogP contribution in [0.15, 0.2) is 12.1 Å². The fraction of sp³-hybridized carbons (Fsp3) is 0.706. The molecule has 1 aromatic heterocycles. The first-order valence-corrected chi connectivity index (χ1v) is 7.81. The van der Waals surface area contributed by atoms with Gasteiger partial charge in [0.25, 0.3) is 0 Å². The minimum atomic E-state index is 0.151. The van der Waals surface area contributed by atoms with Gasteiger partial charge in [-0.2, -0.15) is 0 Å². The summed E-state index contributed by atoms with van der Waals surface area (Å²) in [5, 5.41) is 3.56. The molecule has 0 atom stereocenters. The summed E-state index contributed by atoms with van der Waals surface area (Å²) in [4.78, 5) is 7.16. The molecule has 0 bridgehead atoms. The van der Waals surface area contributed by atoms with Crippen LogP contribution in [-0.4, -0.2) is 23.6 Å². The average molecular weight is 275 g/mol. The zero-order valence-electron chi connectivity index (χ0n) is 13.7. The molecular formula is C17H29N3. The number of aromatic nitrogens is 1. The van der Waals surface area contributed by atoms with Gasteiger partial charge in [0.1, 0.15) is 5.82 Å². The first kappa shape index (κ1) is 15.3. The van der Waals surface area contributed by atoms with Crippen LogP contribution < -0.4 is 10.2 Å². The van der Waals surface area contributed by atoms with E-state index in [2.05, 4.69) is 57.0 Å². The highest BCUT2D eigenvalue weighted by molar-refractivity contribution is 5.43. The van der Waals surface area contributed by atoms with E-state index in [4.69, 9.17) is 4.98 Å². The highest BCUT2D eigenvalue weighted by atomic mass is 15.2. The second-order valence-corrected chi connectivity index (χ2v) is 7.25. The molecule has 0 saturated carbocycles. The van der Waals surface area contributed by atoms with Crippen LogP contribution in [0.2, 0.25) is 0 Å². The lowest BCUT2D eigenvalue weighted by molar-refractivity contribution is 0.423. The van der Waals surface area contributed by atoms with Crippen molar-refractivity contribution in [1.82, 2.24) is 10.3 Å². The van der Waals surface area contributed by atoms with E-state index in [0.29, 0.717) is 0 Å². The van der Waals surface area contributed by atoms with Crippen molar-refractivity contribution >= 4 is 5.82 Å². The summed E-state index contributed by atoms with van der Waals surface area (Å²) in [6.45, 7) is 14.2. The second kappa shape index (κ2) is 6.13.